The number of imide groups is 1. The number of methoxy groups -OCH3 is 2. The minimum Gasteiger partial charge on any atom is -0.493 e. The van der Waals surface area contributed by atoms with E-state index in [9.17, 15) is 19.2 Å². The monoisotopic (exact) mass is 381 g/mol. The Balaban J connectivity index is 2.21. The van der Waals surface area contributed by atoms with Crippen LogP contribution in [0.4, 0.5) is 4.79 Å². The van der Waals surface area contributed by atoms with E-state index in [2.05, 4.69) is 4.74 Å². The second kappa shape index (κ2) is 8.39. The zero-order valence-electron chi connectivity index (χ0n) is 13.9. The van der Waals surface area contributed by atoms with Gasteiger partial charge in [-0.25, -0.2) is 4.79 Å². The molecule has 0 saturated carbocycles. The Kier molecular flexibility index (Phi) is 6.23. The van der Waals surface area contributed by atoms with Gasteiger partial charge < -0.3 is 19.3 Å². The molecular formula is C16H15NO8S. The number of amides is 2. The molecule has 0 aliphatic carbocycles. The highest BCUT2D eigenvalue weighted by Gasteiger charge is 2.36. The van der Waals surface area contributed by atoms with Crippen LogP contribution >= 0.6 is 11.8 Å². The molecule has 0 atom stereocenters. The van der Waals surface area contributed by atoms with E-state index in [0.717, 1.165) is 12.0 Å². The predicted octanol–water partition coefficient (Wildman–Crippen LogP) is 1.37. The van der Waals surface area contributed by atoms with Crippen LogP contribution in [0.25, 0.3) is 6.08 Å². The van der Waals surface area contributed by atoms with Gasteiger partial charge in [-0.3, -0.25) is 19.3 Å². The molecular weight excluding hydrogens is 366 g/mol. The van der Waals surface area contributed by atoms with Gasteiger partial charge in [0.2, 0.25) is 0 Å². The first kappa shape index (κ1) is 19.3. The van der Waals surface area contributed by atoms with E-state index in [0.29, 0.717) is 17.3 Å². The van der Waals surface area contributed by atoms with Crippen molar-refractivity contribution in [2.24, 2.45) is 0 Å². The van der Waals surface area contributed by atoms with E-state index < -0.39 is 36.2 Å². The lowest BCUT2D eigenvalue weighted by molar-refractivity contribution is -0.143. The summed E-state index contributed by atoms with van der Waals surface area (Å²) in [4.78, 5) is 46.9. The summed E-state index contributed by atoms with van der Waals surface area (Å²) in [7, 11) is 2.55. The summed E-state index contributed by atoms with van der Waals surface area (Å²) >= 11 is 0.702. The molecule has 0 unspecified atom stereocenters. The molecule has 2 amide bonds. The van der Waals surface area contributed by atoms with Gasteiger partial charge >= 0.3 is 11.9 Å². The molecule has 1 aromatic carbocycles. The second-order valence-electron chi connectivity index (χ2n) is 4.94. The van der Waals surface area contributed by atoms with Crippen LogP contribution in [-0.2, 0) is 19.1 Å². The summed E-state index contributed by atoms with van der Waals surface area (Å²) < 4.78 is 14.7. The number of thioether (sulfide) groups is 1. The Morgan fingerprint density at radius 3 is 2.58 bits per heavy atom. The van der Waals surface area contributed by atoms with Crippen LogP contribution < -0.4 is 9.47 Å². The lowest BCUT2D eigenvalue weighted by Crippen LogP contribution is -2.34. The van der Waals surface area contributed by atoms with Gasteiger partial charge in [0.1, 0.15) is 6.54 Å². The van der Waals surface area contributed by atoms with Crippen molar-refractivity contribution in [3.63, 3.8) is 0 Å². The number of hydrogen-bond acceptors (Lipinski definition) is 8. The Bertz CT molecular complexity index is 788. The number of rotatable bonds is 7. The van der Waals surface area contributed by atoms with Crippen LogP contribution in [0.1, 0.15) is 5.56 Å². The quantitative estimate of drug-likeness (QED) is 0.551. The number of aliphatic carboxylic acids is 1. The van der Waals surface area contributed by atoms with Crippen LogP contribution in [0, 0.1) is 0 Å². The summed E-state index contributed by atoms with van der Waals surface area (Å²) in [6.07, 6.45) is 1.46. The molecule has 0 bridgehead atoms. The molecule has 1 heterocycles. The van der Waals surface area contributed by atoms with Crippen LogP contribution in [0.3, 0.4) is 0 Å². The molecule has 10 heteroatoms. The van der Waals surface area contributed by atoms with Crippen molar-refractivity contribution in [1.29, 1.82) is 0 Å². The van der Waals surface area contributed by atoms with E-state index in [1.807, 2.05) is 0 Å². The SMILES string of the molecule is COC(=O)CN1C(=O)S/C(=C/c2ccc(OCC(=O)O)c(OC)c2)C1=O. The van der Waals surface area contributed by atoms with Gasteiger partial charge in [0.15, 0.2) is 18.1 Å². The maximum Gasteiger partial charge on any atom is 0.341 e. The number of nitrogens with zero attached hydrogens (tertiary/aromatic N) is 1. The highest BCUT2D eigenvalue weighted by Crippen LogP contribution is 2.34. The first-order valence-corrected chi connectivity index (χ1v) is 8.02. The molecule has 1 saturated heterocycles. The normalized spacial score (nSPS) is 15.3. The van der Waals surface area contributed by atoms with Gasteiger partial charge in [0.25, 0.3) is 11.1 Å². The molecule has 1 N–H and O–H groups in total. The number of carboxylic acid groups (broad SMARTS) is 1. The Morgan fingerprint density at radius 2 is 1.96 bits per heavy atom. The molecule has 26 heavy (non-hydrogen) atoms. The fourth-order valence-corrected chi connectivity index (χ4v) is 2.85. The number of benzene rings is 1. The molecule has 1 fully saturated rings. The fraction of sp³-hybridized carbons (Fsp3) is 0.250. The highest BCUT2D eigenvalue weighted by atomic mass is 32.2. The first-order valence-electron chi connectivity index (χ1n) is 7.20. The highest BCUT2D eigenvalue weighted by molar-refractivity contribution is 8.18. The van der Waals surface area contributed by atoms with Crippen LogP contribution in [-0.4, -0.2) is 60.5 Å². The van der Waals surface area contributed by atoms with E-state index >= 15 is 0 Å². The topological polar surface area (TPSA) is 119 Å². The van der Waals surface area contributed by atoms with Gasteiger partial charge in [-0.2, -0.15) is 0 Å². The minimum atomic E-state index is -1.13. The van der Waals surface area contributed by atoms with E-state index in [-0.39, 0.29) is 16.4 Å². The maximum atomic E-state index is 12.3. The van der Waals surface area contributed by atoms with Crippen LogP contribution in [0.5, 0.6) is 11.5 Å². The third kappa shape index (κ3) is 4.54. The Morgan fingerprint density at radius 1 is 1.23 bits per heavy atom. The average molecular weight is 381 g/mol. The average Bonchev–Trinajstić information content (AvgIpc) is 2.87. The first-order chi connectivity index (χ1) is 12.3. The van der Waals surface area contributed by atoms with Gasteiger partial charge in [0, 0.05) is 0 Å². The molecule has 0 spiro atoms. The molecule has 0 aromatic heterocycles. The Labute approximate surface area is 152 Å². The maximum absolute atomic E-state index is 12.3. The van der Waals surface area contributed by atoms with Crippen LogP contribution in [0.15, 0.2) is 23.1 Å². The van der Waals surface area contributed by atoms with E-state index in [1.165, 1.54) is 25.3 Å². The van der Waals surface area contributed by atoms with Gasteiger partial charge in [-0.05, 0) is 35.5 Å². The van der Waals surface area contributed by atoms with Crippen molar-refractivity contribution >= 4 is 40.9 Å². The summed E-state index contributed by atoms with van der Waals surface area (Å²) in [5, 5.41) is 8.09. The lowest BCUT2D eigenvalue weighted by atomic mass is 10.2. The number of carbonyl (C=O) groups excluding carboxylic acids is 3. The van der Waals surface area contributed by atoms with Crippen molar-refractivity contribution in [1.82, 2.24) is 4.90 Å². The molecule has 1 aliphatic heterocycles. The lowest BCUT2D eigenvalue weighted by Gasteiger charge is -2.10. The van der Waals surface area contributed by atoms with Crippen molar-refractivity contribution in [2.45, 2.75) is 0 Å². The molecule has 1 aromatic rings. The number of carboxylic acids is 1. The summed E-state index contributed by atoms with van der Waals surface area (Å²) in [5.41, 5.74) is 0.535. The van der Waals surface area contributed by atoms with E-state index in [1.54, 1.807) is 6.07 Å². The summed E-state index contributed by atoms with van der Waals surface area (Å²) in [6.45, 7) is -0.980. The van der Waals surface area contributed by atoms with Gasteiger partial charge in [0.05, 0.1) is 19.1 Å². The van der Waals surface area contributed by atoms with E-state index in [4.69, 9.17) is 14.6 Å². The van der Waals surface area contributed by atoms with Gasteiger partial charge in [-0.15, -0.1) is 0 Å². The van der Waals surface area contributed by atoms with Crippen molar-refractivity contribution in [3.8, 4) is 11.5 Å². The zero-order chi connectivity index (χ0) is 19.3. The van der Waals surface area contributed by atoms with Crippen molar-refractivity contribution in [3.05, 3.63) is 28.7 Å². The standard InChI is InChI=1S/C16H15NO8S/c1-23-11-5-9(3-4-10(11)25-8-13(18)19)6-12-15(21)17(16(22)26-12)7-14(20)24-2/h3-6H,7-8H2,1-2H3,(H,18,19)/b12-6+. The summed E-state index contributed by atoms with van der Waals surface area (Å²) in [6, 6.07) is 4.60. The molecule has 138 valence electrons. The summed E-state index contributed by atoms with van der Waals surface area (Å²) in [5.74, 6) is -1.93. The smallest absolute Gasteiger partial charge is 0.341 e. The second-order valence-corrected chi connectivity index (χ2v) is 5.93. The third-order valence-corrected chi connectivity index (χ3v) is 4.13. The fourth-order valence-electron chi connectivity index (χ4n) is 2.01. The minimum absolute atomic E-state index is 0.139. The Hall–Kier alpha value is -3.01. The molecule has 9 nitrogen and oxygen atoms in total. The zero-order valence-corrected chi connectivity index (χ0v) is 14.7. The molecule has 0 radical (unpaired) electrons. The van der Waals surface area contributed by atoms with Crippen molar-refractivity contribution < 1.29 is 38.5 Å². The van der Waals surface area contributed by atoms with Gasteiger partial charge in [-0.1, -0.05) is 6.07 Å². The molecule has 2 rings (SSSR count). The predicted molar refractivity (Wildman–Crippen MR) is 90.8 cm³/mol. The number of ether oxygens (including phenoxy) is 3. The number of esters is 1. The third-order valence-electron chi connectivity index (χ3n) is 3.23. The number of hydrogen-bond donors (Lipinski definition) is 1. The molecule has 1 aliphatic rings. The number of carbonyl (C=O) groups is 4. The van der Waals surface area contributed by atoms with Crippen LogP contribution in [0.2, 0.25) is 0 Å². The largest absolute Gasteiger partial charge is 0.493 e. The van der Waals surface area contributed by atoms with Crippen molar-refractivity contribution in [2.75, 3.05) is 27.4 Å².